The molecule has 0 atom stereocenters. The minimum Gasteiger partial charge on any atom is -0.399 e. The summed E-state index contributed by atoms with van der Waals surface area (Å²) in [5.41, 5.74) is 6.07. The minimum absolute atomic E-state index is 0.0238. The van der Waals surface area contributed by atoms with Crippen LogP contribution in [0.1, 0.15) is 0 Å². The maximum atomic E-state index is 12.3. The molecule has 0 saturated heterocycles. The molecule has 0 aliphatic heterocycles. The van der Waals surface area contributed by atoms with Crippen molar-refractivity contribution in [2.24, 2.45) is 0 Å². The number of anilines is 2. The molecule has 106 valence electrons. The molecule has 20 heavy (non-hydrogen) atoms. The van der Waals surface area contributed by atoms with Crippen LogP contribution < -0.4 is 10.5 Å². The van der Waals surface area contributed by atoms with Gasteiger partial charge in [0.15, 0.2) is 0 Å². The average Bonchev–Trinajstić information content (AvgIpc) is 2.33. The van der Waals surface area contributed by atoms with Gasteiger partial charge in [0.2, 0.25) is 0 Å². The van der Waals surface area contributed by atoms with Gasteiger partial charge in [-0.05, 0) is 36.4 Å². The second kappa shape index (κ2) is 5.69. The van der Waals surface area contributed by atoms with Crippen LogP contribution in [-0.2, 0) is 10.0 Å². The van der Waals surface area contributed by atoms with Gasteiger partial charge in [-0.25, -0.2) is 8.42 Å². The summed E-state index contributed by atoms with van der Waals surface area (Å²) >= 11 is 17.6. The molecular weight excluding hydrogens is 343 g/mol. The van der Waals surface area contributed by atoms with E-state index in [0.717, 1.165) is 0 Å². The van der Waals surface area contributed by atoms with Gasteiger partial charge in [0.05, 0.1) is 15.7 Å². The van der Waals surface area contributed by atoms with Crippen molar-refractivity contribution in [3.8, 4) is 0 Å². The molecule has 0 unspecified atom stereocenters. The molecular formula is C12H9Cl3N2O2S. The summed E-state index contributed by atoms with van der Waals surface area (Å²) in [5, 5.41) is 0.607. The largest absolute Gasteiger partial charge is 0.399 e. The fourth-order valence-corrected chi connectivity index (χ4v) is 3.53. The Morgan fingerprint density at radius 3 is 2.30 bits per heavy atom. The van der Waals surface area contributed by atoms with Crippen LogP contribution in [0.2, 0.25) is 15.1 Å². The Labute approximate surface area is 131 Å². The molecule has 4 nitrogen and oxygen atoms in total. The molecule has 8 heteroatoms. The van der Waals surface area contributed by atoms with Crippen LogP contribution in [0.4, 0.5) is 11.4 Å². The van der Waals surface area contributed by atoms with Gasteiger partial charge in [-0.1, -0.05) is 34.8 Å². The molecule has 0 aliphatic carbocycles. The third-order valence-corrected chi connectivity index (χ3v) is 4.83. The average molecular weight is 352 g/mol. The van der Waals surface area contributed by atoms with Gasteiger partial charge in [0, 0.05) is 10.7 Å². The Morgan fingerprint density at radius 1 is 0.950 bits per heavy atom. The van der Waals surface area contributed by atoms with Crippen molar-refractivity contribution in [3.05, 3.63) is 51.5 Å². The molecule has 0 bridgehead atoms. The van der Waals surface area contributed by atoms with Crippen LogP contribution >= 0.6 is 34.8 Å². The normalized spacial score (nSPS) is 11.3. The Balaban J connectivity index is 2.43. The van der Waals surface area contributed by atoms with Crippen LogP contribution in [-0.4, -0.2) is 8.42 Å². The van der Waals surface area contributed by atoms with E-state index < -0.39 is 10.0 Å². The van der Waals surface area contributed by atoms with Crippen molar-refractivity contribution in [1.82, 2.24) is 0 Å². The van der Waals surface area contributed by atoms with Gasteiger partial charge in [-0.15, -0.1) is 0 Å². The van der Waals surface area contributed by atoms with Crippen molar-refractivity contribution in [2.75, 3.05) is 10.5 Å². The number of halogens is 3. The van der Waals surface area contributed by atoms with E-state index in [1.807, 2.05) is 0 Å². The first kappa shape index (κ1) is 15.3. The molecule has 0 aliphatic rings. The second-order valence-electron chi connectivity index (χ2n) is 3.92. The number of rotatable bonds is 3. The number of hydrogen-bond acceptors (Lipinski definition) is 3. The lowest BCUT2D eigenvalue weighted by Gasteiger charge is -2.11. The summed E-state index contributed by atoms with van der Waals surface area (Å²) in [4.78, 5) is -0.0931. The van der Waals surface area contributed by atoms with Gasteiger partial charge in [0.25, 0.3) is 10.0 Å². The minimum atomic E-state index is -3.88. The topological polar surface area (TPSA) is 72.2 Å². The molecule has 0 amide bonds. The first-order chi connectivity index (χ1) is 9.29. The third kappa shape index (κ3) is 3.30. The molecule has 0 saturated carbocycles. The van der Waals surface area contributed by atoms with Gasteiger partial charge in [0.1, 0.15) is 4.90 Å². The Bertz CT molecular complexity index is 763. The van der Waals surface area contributed by atoms with Gasteiger partial charge >= 0.3 is 0 Å². The zero-order chi connectivity index (χ0) is 14.9. The molecule has 0 fully saturated rings. The summed E-state index contributed by atoms with van der Waals surface area (Å²) in [5.74, 6) is 0. The highest BCUT2D eigenvalue weighted by Gasteiger charge is 2.19. The quantitative estimate of drug-likeness (QED) is 0.820. The highest BCUT2D eigenvalue weighted by molar-refractivity contribution is 7.92. The molecule has 0 aromatic heterocycles. The molecule has 2 rings (SSSR count). The Hall–Kier alpha value is -1.14. The van der Waals surface area contributed by atoms with Crippen LogP contribution in [0.25, 0.3) is 0 Å². The number of benzene rings is 2. The zero-order valence-corrected chi connectivity index (χ0v) is 13.0. The maximum absolute atomic E-state index is 12.3. The monoisotopic (exact) mass is 350 g/mol. The van der Waals surface area contributed by atoms with Crippen molar-refractivity contribution in [2.45, 2.75) is 4.90 Å². The predicted octanol–water partition coefficient (Wildman–Crippen LogP) is 4.03. The Kier molecular flexibility index (Phi) is 4.34. The molecule has 0 radical (unpaired) electrons. The van der Waals surface area contributed by atoms with E-state index in [1.54, 1.807) is 6.07 Å². The predicted molar refractivity (Wildman–Crippen MR) is 83.1 cm³/mol. The maximum Gasteiger partial charge on any atom is 0.263 e. The first-order valence-corrected chi connectivity index (χ1v) is 7.94. The number of nitrogen functional groups attached to an aromatic ring is 1. The fraction of sp³-hybridized carbons (Fsp3) is 0. The molecule has 2 aromatic carbocycles. The highest BCUT2D eigenvalue weighted by Crippen LogP contribution is 2.30. The number of hydrogen-bond donors (Lipinski definition) is 2. The van der Waals surface area contributed by atoms with E-state index in [9.17, 15) is 8.42 Å². The lowest BCUT2D eigenvalue weighted by Crippen LogP contribution is -2.14. The lowest BCUT2D eigenvalue weighted by atomic mass is 10.3. The number of nitrogens with one attached hydrogen (secondary N) is 1. The summed E-state index contributed by atoms with van der Waals surface area (Å²) in [7, 11) is -3.88. The third-order valence-electron chi connectivity index (χ3n) is 2.42. The highest BCUT2D eigenvalue weighted by atomic mass is 35.5. The fourth-order valence-electron chi connectivity index (χ4n) is 1.51. The van der Waals surface area contributed by atoms with Crippen LogP contribution in [0.3, 0.4) is 0 Å². The number of sulfonamides is 1. The van der Waals surface area contributed by atoms with Crippen LogP contribution in [0.15, 0.2) is 41.3 Å². The lowest BCUT2D eigenvalue weighted by molar-refractivity contribution is 0.601. The van der Waals surface area contributed by atoms with E-state index in [4.69, 9.17) is 40.5 Å². The summed E-state index contributed by atoms with van der Waals surface area (Å²) in [6.07, 6.45) is 0. The van der Waals surface area contributed by atoms with Gasteiger partial charge < -0.3 is 5.73 Å². The van der Waals surface area contributed by atoms with Crippen molar-refractivity contribution >= 4 is 56.2 Å². The van der Waals surface area contributed by atoms with E-state index in [1.165, 1.54) is 30.3 Å². The SMILES string of the molecule is Nc1ccc(S(=O)(=O)Nc2cc(Cl)ccc2Cl)c(Cl)c1. The van der Waals surface area contributed by atoms with Crippen molar-refractivity contribution in [3.63, 3.8) is 0 Å². The molecule has 2 aromatic rings. The number of nitrogens with two attached hydrogens (primary N) is 1. The molecule has 3 N–H and O–H groups in total. The smallest absolute Gasteiger partial charge is 0.263 e. The van der Waals surface area contributed by atoms with E-state index in [-0.39, 0.29) is 20.6 Å². The van der Waals surface area contributed by atoms with Crippen LogP contribution in [0, 0.1) is 0 Å². The van der Waals surface area contributed by atoms with Gasteiger partial charge in [-0.2, -0.15) is 0 Å². The van der Waals surface area contributed by atoms with Gasteiger partial charge in [-0.3, -0.25) is 4.72 Å². The molecule has 0 heterocycles. The summed E-state index contributed by atoms with van der Waals surface area (Å²) in [6, 6.07) is 8.57. The zero-order valence-electron chi connectivity index (χ0n) is 9.90. The first-order valence-electron chi connectivity index (χ1n) is 5.32. The van der Waals surface area contributed by atoms with Crippen molar-refractivity contribution in [1.29, 1.82) is 0 Å². The molecule has 0 spiro atoms. The van der Waals surface area contributed by atoms with Crippen LogP contribution in [0.5, 0.6) is 0 Å². The second-order valence-corrected chi connectivity index (χ2v) is 6.82. The Morgan fingerprint density at radius 2 is 1.65 bits per heavy atom. The summed E-state index contributed by atoms with van der Waals surface area (Å²) < 4.78 is 26.9. The van der Waals surface area contributed by atoms with E-state index >= 15 is 0 Å². The van der Waals surface area contributed by atoms with E-state index in [2.05, 4.69) is 4.72 Å². The standard InChI is InChI=1S/C12H9Cl3N2O2S/c13-7-1-3-9(14)11(5-7)17-20(18,19)12-4-2-8(16)6-10(12)15/h1-6,17H,16H2. The summed E-state index contributed by atoms with van der Waals surface area (Å²) in [6.45, 7) is 0. The van der Waals surface area contributed by atoms with E-state index in [0.29, 0.717) is 10.7 Å². The van der Waals surface area contributed by atoms with Crippen molar-refractivity contribution < 1.29 is 8.42 Å².